The lowest BCUT2D eigenvalue weighted by Crippen LogP contribution is -2.27. The number of amides is 1. The van der Waals surface area contributed by atoms with E-state index in [2.05, 4.69) is 10.0 Å². The van der Waals surface area contributed by atoms with E-state index in [4.69, 9.17) is 11.6 Å². The molecule has 2 aromatic carbocycles. The molecule has 0 fully saturated rings. The average molecular weight is 381 g/mol. The molecule has 0 bridgehead atoms. The van der Waals surface area contributed by atoms with Gasteiger partial charge < -0.3 is 5.32 Å². The maximum Gasteiger partial charge on any atom is 0.240 e. The van der Waals surface area contributed by atoms with Gasteiger partial charge in [0, 0.05) is 18.1 Å². The van der Waals surface area contributed by atoms with Crippen molar-refractivity contribution in [3.8, 4) is 0 Å². The molecule has 25 heavy (non-hydrogen) atoms. The van der Waals surface area contributed by atoms with Gasteiger partial charge in [0.05, 0.1) is 11.3 Å². The first-order valence-corrected chi connectivity index (χ1v) is 9.86. The Hall–Kier alpha value is -1.89. The van der Waals surface area contributed by atoms with Crippen LogP contribution in [0.4, 0.5) is 0 Å². The number of carbonyl (C=O) groups excluding carboxylic acids is 1. The summed E-state index contributed by atoms with van der Waals surface area (Å²) >= 11 is 5.81. The summed E-state index contributed by atoms with van der Waals surface area (Å²) in [6.45, 7) is 2.58. The molecule has 5 nitrogen and oxygen atoms in total. The molecule has 0 spiro atoms. The minimum absolute atomic E-state index is 0.0614. The second-order valence-corrected chi connectivity index (χ2v) is 7.75. The molecular weight excluding hydrogens is 360 g/mol. The lowest BCUT2D eigenvalue weighted by atomic mass is 10.1. The summed E-state index contributed by atoms with van der Waals surface area (Å²) in [5, 5.41) is 3.50. The van der Waals surface area contributed by atoms with Crippen molar-refractivity contribution < 1.29 is 13.2 Å². The van der Waals surface area contributed by atoms with Crippen LogP contribution in [0.3, 0.4) is 0 Å². The first kappa shape index (κ1) is 19.4. The van der Waals surface area contributed by atoms with Gasteiger partial charge in [0.2, 0.25) is 15.9 Å². The van der Waals surface area contributed by atoms with Crippen LogP contribution in [-0.2, 0) is 27.7 Å². The number of hydrogen-bond donors (Lipinski definition) is 2. The Balaban J connectivity index is 1.81. The summed E-state index contributed by atoms with van der Waals surface area (Å²) in [6, 6.07) is 13.8. The molecule has 2 N–H and O–H groups in total. The third-order valence-corrected chi connectivity index (χ3v) is 5.40. The fraction of sp³-hybridized carbons (Fsp3) is 0.278. The highest BCUT2D eigenvalue weighted by Crippen LogP contribution is 2.11. The highest BCUT2D eigenvalue weighted by molar-refractivity contribution is 7.89. The molecule has 1 amide bonds. The maximum absolute atomic E-state index is 11.9. The van der Waals surface area contributed by atoms with E-state index in [-0.39, 0.29) is 10.8 Å². The molecule has 0 saturated heterocycles. The highest BCUT2D eigenvalue weighted by atomic mass is 35.5. The Morgan fingerprint density at radius 2 is 1.60 bits per heavy atom. The molecule has 0 atom stereocenters. The van der Waals surface area contributed by atoms with Crippen LogP contribution in [0.25, 0.3) is 0 Å². The van der Waals surface area contributed by atoms with Crippen LogP contribution in [0, 0.1) is 0 Å². The van der Waals surface area contributed by atoms with E-state index >= 15 is 0 Å². The van der Waals surface area contributed by atoms with Crippen molar-refractivity contribution in [1.82, 2.24) is 10.0 Å². The van der Waals surface area contributed by atoms with E-state index in [9.17, 15) is 13.2 Å². The molecule has 0 radical (unpaired) electrons. The smallest absolute Gasteiger partial charge is 0.240 e. The molecule has 0 aliphatic rings. The maximum atomic E-state index is 11.9. The van der Waals surface area contributed by atoms with Crippen molar-refractivity contribution in [2.45, 2.75) is 24.7 Å². The van der Waals surface area contributed by atoms with E-state index in [1.807, 2.05) is 12.1 Å². The van der Waals surface area contributed by atoms with Gasteiger partial charge in [-0.25, -0.2) is 13.1 Å². The SMILES string of the molecule is CCNS(=O)(=O)c1ccc(CCNC(=O)Cc2ccc(Cl)cc2)cc1. The standard InChI is InChI=1S/C18H21ClN2O3S/c1-2-21-25(23,24)17-9-5-14(6-10-17)11-12-20-18(22)13-15-3-7-16(19)8-4-15/h3-10,21H,2,11-13H2,1H3,(H,20,22). The predicted molar refractivity (Wildman–Crippen MR) is 99.2 cm³/mol. The Labute approximate surface area is 153 Å². The molecule has 7 heteroatoms. The van der Waals surface area contributed by atoms with Gasteiger partial charge >= 0.3 is 0 Å². The van der Waals surface area contributed by atoms with E-state index in [0.29, 0.717) is 31.0 Å². The zero-order valence-corrected chi connectivity index (χ0v) is 15.5. The number of rotatable bonds is 8. The average Bonchev–Trinajstić information content (AvgIpc) is 2.57. The van der Waals surface area contributed by atoms with Crippen LogP contribution in [0.1, 0.15) is 18.1 Å². The number of benzene rings is 2. The van der Waals surface area contributed by atoms with Crippen LogP contribution < -0.4 is 10.0 Å². The minimum Gasteiger partial charge on any atom is -0.355 e. The van der Waals surface area contributed by atoms with Gasteiger partial charge in [0.1, 0.15) is 0 Å². The Kier molecular flexibility index (Phi) is 6.99. The van der Waals surface area contributed by atoms with Gasteiger partial charge in [0.15, 0.2) is 0 Å². The normalized spacial score (nSPS) is 11.3. The zero-order valence-electron chi connectivity index (χ0n) is 14.0. The third kappa shape index (κ3) is 6.16. The monoisotopic (exact) mass is 380 g/mol. The van der Waals surface area contributed by atoms with Crippen LogP contribution >= 0.6 is 11.6 Å². The molecule has 0 aliphatic carbocycles. The van der Waals surface area contributed by atoms with Crippen molar-refractivity contribution in [3.63, 3.8) is 0 Å². The van der Waals surface area contributed by atoms with E-state index < -0.39 is 10.0 Å². The fourth-order valence-electron chi connectivity index (χ4n) is 2.31. The molecular formula is C18H21ClN2O3S. The van der Waals surface area contributed by atoms with E-state index in [0.717, 1.165) is 11.1 Å². The summed E-state index contributed by atoms with van der Waals surface area (Å²) in [5.74, 6) is -0.0614. The summed E-state index contributed by atoms with van der Waals surface area (Å²) in [5.41, 5.74) is 1.86. The summed E-state index contributed by atoms with van der Waals surface area (Å²) in [4.78, 5) is 12.2. The minimum atomic E-state index is -3.43. The zero-order chi connectivity index (χ0) is 18.3. The number of sulfonamides is 1. The Bertz CT molecular complexity index is 803. The molecule has 0 saturated carbocycles. The van der Waals surface area contributed by atoms with Crippen molar-refractivity contribution in [3.05, 3.63) is 64.7 Å². The molecule has 0 aromatic heterocycles. The van der Waals surface area contributed by atoms with E-state index in [1.54, 1.807) is 43.3 Å². The first-order chi connectivity index (χ1) is 11.9. The van der Waals surface area contributed by atoms with Crippen molar-refractivity contribution in [2.75, 3.05) is 13.1 Å². The number of halogens is 1. The molecule has 0 unspecified atom stereocenters. The molecule has 0 heterocycles. The van der Waals surface area contributed by atoms with Crippen molar-refractivity contribution in [1.29, 1.82) is 0 Å². The summed E-state index contributed by atoms with van der Waals surface area (Å²) < 4.78 is 26.2. The quantitative estimate of drug-likeness (QED) is 0.739. The van der Waals surface area contributed by atoms with Crippen LogP contribution in [-0.4, -0.2) is 27.4 Å². The van der Waals surface area contributed by atoms with Crippen molar-refractivity contribution >= 4 is 27.5 Å². The summed E-state index contributed by atoms with van der Waals surface area (Å²) in [7, 11) is -3.43. The molecule has 2 aromatic rings. The number of carbonyl (C=O) groups is 1. The lowest BCUT2D eigenvalue weighted by Gasteiger charge is -2.07. The topological polar surface area (TPSA) is 75.3 Å². The van der Waals surface area contributed by atoms with Gasteiger partial charge in [0.25, 0.3) is 0 Å². The second-order valence-electron chi connectivity index (χ2n) is 5.55. The molecule has 134 valence electrons. The van der Waals surface area contributed by atoms with Gasteiger partial charge in [-0.3, -0.25) is 4.79 Å². The lowest BCUT2D eigenvalue weighted by molar-refractivity contribution is -0.120. The highest BCUT2D eigenvalue weighted by Gasteiger charge is 2.11. The largest absolute Gasteiger partial charge is 0.355 e. The van der Waals surface area contributed by atoms with Gasteiger partial charge in [-0.1, -0.05) is 42.8 Å². The molecule has 2 rings (SSSR count). The summed E-state index contributed by atoms with van der Waals surface area (Å²) in [6.07, 6.45) is 0.935. The number of nitrogens with one attached hydrogen (secondary N) is 2. The van der Waals surface area contributed by atoms with Gasteiger partial charge in [-0.2, -0.15) is 0 Å². The van der Waals surface area contributed by atoms with Crippen LogP contribution in [0.15, 0.2) is 53.4 Å². The second kappa shape index (κ2) is 8.99. The number of hydrogen-bond acceptors (Lipinski definition) is 3. The first-order valence-electron chi connectivity index (χ1n) is 8.00. The van der Waals surface area contributed by atoms with Crippen molar-refractivity contribution in [2.24, 2.45) is 0 Å². The van der Waals surface area contributed by atoms with Crippen LogP contribution in [0.5, 0.6) is 0 Å². The van der Waals surface area contributed by atoms with E-state index in [1.165, 1.54) is 0 Å². The fourth-order valence-corrected chi connectivity index (χ4v) is 3.47. The van der Waals surface area contributed by atoms with Crippen LogP contribution in [0.2, 0.25) is 5.02 Å². The molecule has 0 aliphatic heterocycles. The Morgan fingerprint density at radius 3 is 2.20 bits per heavy atom. The third-order valence-electron chi connectivity index (χ3n) is 3.58. The predicted octanol–water partition coefficient (Wildman–Crippen LogP) is 2.54. The van der Waals surface area contributed by atoms with Gasteiger partial charge in [-0.15, -0.1) is 0 Å². The van der Waals surface area contributed by atoms with Gasteiger partial charge in [-0.05, 0) is 41.8 Å². The Morgan fingerprint density at radius 1 is 1.00 bits per heavy atom.